The van der Waals surface area contributed by atoms with Gasteiger partial charge >= 0.3 is 0 Å². The van der Waals surface area contributed by atoms with Crippen LogP contribution in [0.3, 0.4) is 0 Å². The van der Waals surface area contributed by atoms with Crippen molar-refractivity contribution in [2.75, 3.05) is 40.3 Å². The molecule has 0 saturated carbocycles. The van der Waals surface area contributed by atoms with Crippen molar-refractivity contribution in [3.05, 3.63) is 12.2 Å². The van der Waals surface area contributed by atoms with Crippen LogP contribution in [-0.4, -0.2) is 70.9 Å². The molecule has 2 heterocycles. The molecule has 1 atom stereocenters. The molecule has 6 heteroatoms. The average Bonchev–Trinajstić information content (AvgIpc) is 2.82. The fraction of sp³-hybridized carbons (Fsp3) is 0.846. The number of aromatic nitrogens is 3. The molecule has 0 aliphatic carbocycles. The van der Waals surface area contributed by atoms with Crippen molar-refractivity contribution >= 4 is 0 Å². The van der Waals surface area contributed by atoms with Gasteiger partial charge in [0, 0.05) is 38.3 Å². The molecule has 108 valence electrons. The van der Waals surface area contributed by atoms with E-state index in [2.05, 4.69) is 53.1 Å². The predicted octanol–water partition coefficient (Wildman–Crippen LogP) is 0.194. The largest absolute Gasteiger partial charge is 0.308 e. The van der Waals surface area contributed by atoms with Crippen molar-refractivity contribution in [2.45, 2.75) is 32.5 Å². The normalized spacial score (nSPS) is 22.3. The summed E-state index contributed by atoms with van der Waals surface area (Å²) in [6.07, 6.45) is 1.64. The molecule has 0 amide bonds. The molecule has 19 heavy (non-hydrogen) atoms. The zero-order chi connectivity index (χ0) is 13.8. The smallest absolute Gasteiger partial charge is 0.141 e. The van der Waals surface area contributed by atoms with Gasteiger partial charge in [-0.25, -0.2) is 9.67 Å². The van der Waals surface area contributed by atoms with Gasteiger partial charge in [-0.05, 0) is 27.9 Å². The lowest BCUT2D eigenvalue weighted by Crippen LogP contribution is -2.53. The number of likely N-dealkylation sites (N-methyl/N-ethyl adjacent to an activating group) is 2. The van der Waals surface area contributed by atoms with E-state index in [1.54, 1.807) is 6.33 Å². The van der Waals surface area contributed by atoms with E-state index < -0.39 is 0 Å². The molecule has 1 N–H and O–H groups in total. The highest BCUT2D eigenvalue weighted by Gasteiger charge is 2.21. The molecule has 1 aliphatic heterocycles. The molecule has 1 fully saturated rings. The number of hydrogen-bond acceptors (Lipinski definition) is 5. The van der Waals surface area contributed by atoms with Crippen LogP contribution in [0.5, 0.6) is 0 Å². The lowest BCUT2D eigenvalue weighted by Gasteiger charge is -2.37. The Labute approximate surface area is 115 Å². The third-order valence-electron chi connectivity index (χ3n) is 3.78. The van der Waals surface area contributed by atoms with Crippen molar-refractivity contribution in [3.63, 3.8) is 0 Å². The van der Waals surface area contributed by atoms with E-state index in [4.69, 9.17) is 0 Å². The quantitative estimate of drug-likeness (QED) is 0.825. The van der Waals surface area contributed by atoms with Crippen LogP contribution in [0.2, 0.25) is 0 Å². The molecule has 1 aliphatic rings. The fourth-order valence-electron chi connectivity index (χ4n) is 2.50. The molecular formula is C13H26N6. The Morgan fingerprint density at radius 3 is 2.89 bits per heavy atom. The van der Waals surface area contributed by atoms with Gasteiger partial charge in [-0.2, -0.15) is 5.10 Å². The van der Waals surface area contributed by atoms with Gasteiger partial charge in [-0.1, -0.05) is 0 Å². The molecule has 6 nitrogen and oxygen atoms in total. The van der Waals surface area contributed by atoms with Crippen LogP contribution in [0.25, 0.3) is 0 Å². The fourth-order valence-corrected chi connectivity index (χ4v) is 2.50. The summed E-state index contributed by atoms with van der Waals surface area (Å²) in [5.41, 5.74) is 0. The average molecular weight is 266 g/mol. The molecular weight excluding hydrogens is 240 g/mol. The number of nitrogens with one attached hydrogen (secondary N) is 1. The second-order valence-corrected chi connectivity index (χ2v) is 5.74. The molecule has 1 aromatic rings. The highest BCUT2D eigenvalue weighted by atomic mass is 15.4. The SMILES string of the molecule is CC(C)n1ncnc1CNCC1CN(C)CCN1C. The Balaban J connectivity index is 1.81. The summed E-state index contributed by atoms with van der Waals surface area (Å²) in [5.74, 6) is 1.02. The summed E-state index contributed by atoms with van der Waals surface area (Å²) in [5, 5.41) is 7.77. The Hall–Kier alpha value is -0.980. The van der Waals surface area contributed by atoms with Crippen LogP contribution in [0.4, 0.5) is 0 Å². The van der Waals surface area contributed by atoms with Gasteiger partial charge in [0.1, 0.15) is 12.2 Å². The lowest BCUT2D eigenvalue weighted by atomic mass is 10.2. The highest BCUT2D eigenvalue weighted by Crippen LogP contribution is 2.07. The Morgan fingerprint density at radius 2 is 2.16 bits per heavy atom. The summed E-state index contributed by atoms with van der Waals surface area (Å²) < 4.78 is 1.98. The van der Waals surface area contributed by atoms with Crippen molar-refractivity contribution in [1.82, 2.24) is 29.9 Å². The monoisotopic (exact) mass is 266 g/mol. The van der Waals surface area contributed by atoms with Crippen molar-refractivity contribution in [1.29, 1.82) is 0 Å². The minimum absolute atomic E-state index is 0.364. The second-order valence-electron chi connectivity index (χ2n) is 5.74. The third-order valence-corrected chi connectivity index (χ3v) is 3.78. The Bertz CT molecular complexity index is 388. The van der Waals surface area contributed by atoms with Gasteiger partial charge in [0.15, 0.2) is 0 Å². The molecule has 0 radical (unpaired) electrons. The first-order valence-electron chi connectivity index (χ1n) is 7.05. The maximum atomic E-state index is 4.32. The first-order chi connectivity index (χ1) is 9.08. The van der Waals surface area contributed by atoms with Crippen LogP contribution in [-0.2, 0) is 6.54 Å². The molecule has 2 rings (SSSR count). The maximum absolute atomic E-state index is 4.32. The number of piperazine rings is 1. The van der Waals surface area contributed by atoms with E-state index in [9.17, 15) is 0 Å². The Kier molecular flexibility index (Phi) is 4.90. The summed E-state index contributed by atoms with van der Waals surface area (Å²) in [6, 6.07) is 0.942. The number of rotatable bonds is 5. The molecule has 1 unspecified atom stereocenters. The first-order valence-corrected chi connectivity index (χ1v) is 7.05. The van der Waals surface area contributed by atoms with Crippen LogP contribution < -0.4 is 5.32 Å². The Morgan fingerprint density at radius 1 is 1.37 bits per heavy atom. The molecule has 0 aromatic carbocycles. The van der Waals surface area contributed by atoms with Crippen molar-refractivity contribution in [3.8, 4) is 0 Å². The lowest BCUT2D eigenvalue weighted by molar-refractivity contribution is 0.113. The maximum Gasteiger partial charge on any atom is 0.141 e. The summed E-state index contributed by atoms with van der Waals surface area (Å²) >= 11 is 0. The van der Waals surface area contributed by atoms with Crippen LogP contribution in [0.1, 0.15) is 25.7 Å². The molecule has 1 saturated heterocycles. The van der Waals surface area contributed by atoms with Gasteiger partial charge in [-0.15, -0.1) is 0 Å². The number of nitrogens with zero attached hydrogens (tertiary/aromatic N) is 5. The van der Waals surface area contributed by atoms with Gasteiger partial charge in [0.25, 0.3) is 0 Å². The predicted molar refractivity (Wildman–Crippen MR) is 76.0 cm³/mol. The van der Waals surface area contributed by atoms with E-state index in [0.717, 1.165) is 38.5 Å². The summed E-state index contributed by atoms with van der Waals surface area (Å²) in [6.45, 7) is 9.46. The molecule has 1 aromatic heterocycles. The molecule has 0 spiro atoms. The minimum atomic E-state index is 0.364. The van der Waals surface area contributed by atoms with E-state index in [1.165, 1.54) is 0 Å². The van der Waals surface area contributed by atoms with E-state index in [1.807, 2.05) is 4.68 Å². The van der Waals surface area contributed by atoms with Crippen LogP contribution in [0.15, 0.2) is 6.33 Å². The molecule has 0 bridgehead atoms. The standard InChI is InChI=1S/C13H26N6/c1-11(2)19-13(15-10-16-19)8-14-7-12-9-17(3)5-6-18(12)4/h10-12,14H,5-9H2,1-4H3. The first kappa shape index (κ1) is 14.4. The van der Waals surface area contributed by atoms with Crippen LogP contribution >= 0.6 is 0 Å². The topological polar surface area (TPSA) is 49.2 Å². The zero-order valence-electron chi connectivity index (χ0n) is 12.5. The van der Waals surface area contributed by atoms with E-state index in [0.29, 0.717) is 12.1 Å². The second kappa shape index (κ2) is 6.45. The summed E-state index contributed by atoms with van der Waals surface area (Å²) in [7, 11) is 4.39. The number of hydrogen-bond donors (Lipinski definition) is 1. The van der Waals surface area contributed by atoms with E-state index >= 15 is 0 Å². The van der Waals surface area contributed by atoms with Crippen molar-refractivity contribution < 1.29 is 0 Å². The minimum Gasteiger partial charge on any atom is -0.308 e. The van der Waals surface area contributed by atoms with Crippen molar-refractivity contribution in [2.24, 2.45) is 0 Å². The summed E-state index contributed by atoms with van der Waals surface area (Å²) in [4.78, 5) is 9.14. The van der Waals surface area contributed by atoms with Gasteiger partial charge in [0.2, 0.25) is 0 Å². The van der Waals surface area contributed by atoms with E-state index in [-0.39, 0.29) is 0 Å². The van der Waals surface area contributed by atoms with Gasteiger partial charge < -0.3 is 10.2 Å². The highest BCUT2D eigenvalue weighted by molar-refractivity contribution is 4.87. The van der Waals surface area contributed by atoms with Gasteiger partial charge in [-0.3, -0.25) is 4.90 Å². The third kappa shape index (κ3) is 3.75. The van der Waals surface area contributed by atoms with Crippen LogP contribution in [0, 0.1) is 0 Å². The zero-order valence-corrected chi connectivity index (χ0v) is 12.5. The van der Waals surface area contributed by atoms with Gasteiger partial charge in [0.05, 0.1) is 6.54 Å².